The smallest absolute Gasteiger partial charge is 0.253 e. The molecule has 3 aromatic rings. The highest BCUT2D eigenvalue weighted by atomic mass is 16.5. The minimum absolute atomic E-state index is 0.0798. The first-order chi connectivity index (χ1) is 19.0. The van der Waals surface area contributed by atoms with E-state index in [1.54, 1.807) is 12.3 Å². The van der Waals surface area contributed by atoms with Crippen molar-refractivity contribution in [1.82, 2.24) is 20.8 Å². The highest BCUT2D eigenvalue weighted by Crippen LogP contribution is 2.25. The molecule has 3 N–H and O–H groups in total. The molecule has 0 aliphatic carbocycles. The highest BCUT2D eigenvalue weighted by molar-refractivity contribution is 5.94. The fourth-order valence-electron chi connectivity index (χ4n) is 4.56. The van der Waals surface area contributed by atoms with E-state index in [1.165, 1.54) is 6.20 Å². The average molecular weight is 551 g/mol. The highest BCUT2D eigenvalue weighted by Gasteiger charge is 2.29. The summed E-state index contributed by atoms with van der Waals surface area (Å²) in [6.45, 7) is 11.7. The predicted molar refractivity (Wildman–Crippen MR) is 153 cm³/mol. The van der Waals surface area contributed by atoms with Gasteiger partial charge in [0, 0.05) is 25.2 Å². The van der Waals surface area contributed by atoms with Crippen LogP contribution in [0.5, 0.6) is 11.5 Å². The molecule has 40 heavy (non-hydrogen) atoms. The summed E-state index contributed by atoms with van der Waals surface area (Å²) in [7, 11) is 0. The number of rotatable bonds is 6. The SMILES string of the molecule is CC(C)(C)Cc1cc(C(C)(C)NC[C@@H](O)[C@@H]2Cc3cccc(c3)OCCCCOc3cncc(c3)C(=O)N2)no1. The third kappa shape index (κ3) is 8.53. The topological polar surface area (TPSA) is 119 Å². The molecular formula is C31H42N4O5. The Labute approximate surface area is 236 Å². The molecule has 9 nitrogen and oxygen atoms in total. The normalized spacial score (nSPS) is 17.9. The van der Waals surface area contributed by atoms with Gasteiger partial charge in [0.25, 0.3) is 5.91 Å². The second kappa shape index (κ2) is 12.8. The number of carbonyl (C=O) groups excluding carboxylic acids is 1. The lowest BCUT2D eigenvalue weighted by Crippen LogP contribution is -2.51. The number of amides is 1. The number of carbonyl (C=O) groups is 1. The van der Waals surface area contributed by atoms with Crippen LogP contribution in [-0.4, -0.2) is 53.1 Å². The number of pyridine rings is 1. The first kappa shape index (κ1) is 29.6. The van der Waals surface area contributed by atoms with Crippen LogP contribution in [0.4, 0.5) is 0 Å². The van der Waals surface area contributed by atoms with Crippen molar-refractivity contribution in [2.75, 3.05) is 19.8 Å². The van der Waals surface area contributed by atoms with Crippen LogP contribution >= 0.6 is 0 Å². The second-order valence-corrected chi connectivity index (χ2v) is 12.2. The van der Waals surface area contributed by atoms with Crippen LogP contribution in [0.25, 0.3) is 0 Å². The first-order valence-electron chi connectivity index (χ1n) is 14.0. The Balaban J connectivity index is 1.51. The largest absolute Gasteiger partial charge is 0.494 e. The number of fused-ring (bicyclic) bond motifs is 4. The summed E-state index contributed by atoms with van der Waals surface area (Å²) in [5.74, 6) is 1.79. The minimum atomic E-state index is -0.903. The maximum atomic E-state index is 13.3. The molecule has 2 atom stereocenters. The number of ether oxygens (including phenoxy) is 2. The third-order valence-electron chi connectivity index (χ3n) is 6.84. The number of nitrogens with zero attached hydrogens (tertiary/aromatic N) is 2. The molecule has 3 heterocycles. The van der Waals surface area contributed by atoms with Crippen LogP contribution in [0.15, 0.2) is 53.3 Å². The van der Waals surface area contributed by atoms with E-state index in [-0.39, 0.29) is 17.9 Å². The van der Waals surface area contributed by atoms with Crippen molar-refractivity contribution >= 4 is 5.91 Å². The van der Waals surface area contributed by atoms with Gasteiger partial charge in [0.05, 0.1) is 42.7 Å². The molecule has 1 aliphatic heterocycles. The van der Waals surface area contributed by atoms with Crippen LogP contribution in [0, 0.1) is 5.41 Å². The van der Waals surface area contributed by atoms with E-state index in [9.17, 15) is 9.90 Å². The molecule has 4 bridgehead atoms. The molecule has 1 aliphatic rings. The van der Waals surface area contributed by atoms with E-state index in [4.69, 9.17) is 14.0 Å². The zero-order valence-corrected chi connectivity index (χ0v) is 24.2. The van der Waals surface area contributed by atoms with Crippen molar-refractivity contribution in [1.29, 1.82) is 0 Å². The fourth-order valence-corrected chi connectivity index (χ4v) is 4.56. The van der Waals surface area contributed by atoms with E-state index in [0.717, 1.165) is 42.0 Å². The van der Waals surface area contributed by atoms with Crippen molar-refractivity contribution < 1.29 is 23.9 Å². The molecule has 0 fully saturated rings. The Bertz CT molecular complexity index is 1270. The fraction of sp³-hybridized carbons (Fsp3) is 0.516. The van der Waals surface area contributed by atoms with E-state index in [2.05, 4.69) is 41.5 Å². The van der Waals surface area contributed by atoms with Crippen LogP contribution in [0.2, 0.25) is 0 Å². The van der Waals surface area contributed by atoms with Gasteiger partial charge in [-0.3, -0.25) is 9.78 Å². The molecule has 1 aromatic carbocycles. The van der Waals surface area contributed by atoms with Crippen molar-refractivity contribution in [2.24, 2.45) is 5.41 Å². The lowest BCUT2D eigenvalue weighted by Gasteiger charge is -2.29. The Hall–Kier alpha value is -3.43. The van der Waals surface area contributed by atoms with Gasteiger partial charge >= 0.3 is 0 Å². The third-order valence-corrected chi connectivity index (χ3v) is 6.84. The van der Waals surface area contributed by atoms with Gasteiger partial charge in [-0.25, -0.2) is 0 Å². The van der Waals surface area contributed by atoms with Gasteiger partial charge in [-0.05, 0) is 62.3 Å². The van der Waals surface area contributed by atoms with Gasteiger partial charge in [0.1, 0.15) is 23.0 Å². The van der Waals surface area contributed by atoms with E-state index >= 15 is 0 Å². The molecular weight excluding hydrogens is 508 g/mol. The molecule has 0 saturated carbocycles. The van der Waals surface area contributed by atoms with Gasteiger partial charge < -0.3 is 29.7 Å². The van der Waals surface area contributed by atoms with Crippen molar-refractivity contribution in [3.05, 3.63) is 71.4 Å². The number of benzene rings is 1. The predicted octanol–water partition coefficient (Wildman–Crippen LogP) is 4.44. The van der Waals surface area contributed by atoms with Gasteiger partial charge in [-0.15, -0.1) is 0 Å². The summed E-state index contributed by atoms with van der Waals surface area (Å²) >= 11 is 0. The minimum Gasteiger partial charge on any atom is -0.494 e. The Morgan fingerprint density at radius 1 is 1.05 bits per heavy atom. The summed E-state index contributed by atoms with van der Waals surface area (Å²) in [5.41, 5.74) is 1.60. The lowest BCUT2D eigenvalue weighted by atomic mass is 9.90. The lowest BCUT2D eigenvalue weighted by molar-refractivity contribution is 0.0811. The molecule has 0 spiro atoms. The summed E-state index contributed by atoms with van der Waals surface area (Å²) in [5, 5.41) is 22.1. The summed E-state index contributed by atoms with van der Waals surface area (Å²) in [4.78, 5) is 17.4. The van der Waals surface area contributed by atoms with E-state index in [1.807, 2.05) is 44.2 Å². The molecule has 9 heteroatoms. The standard InChI is InChI=1S/C31H42N4O5/c1-30(2,3)17-24-16-28(35-40-24)31(4,5)33-20-27(36)26-14-21-9-8-10-23(13-21)38-11-6-7-12-39-25-15-22(18-32-19-25)29(37)34-26/h8-10,13,15-16,18-19,26-27,33,36H,6-7,11-12,14,17,20H2,1-5H3,(H,34,37)/t26-,27+/m0/s1. The van der Waals surface area contributed by atoms with E-state index < -0.39 is 17.7 Å². The Kier molecular flexibility index (Phi) is 9.48. The molecule has 4 rings (SSSR count). The van der Waals surface area contributed by atoms with E-state index in [0.29, 0.717) is 30.9 Å². The van der Waals surface area contributed by atoms with Gasteiger partial charge in [0.2, 0.25) is 0 Å². The molecule has 1 amide bonds. The van der Waals surface area contributed by atoms with Gasteiger partial charge in [-0.2, -0.15) is 0 Å². The van der Waals surface area contributed by atoms with Crippen molar-refractivity contribution in [3.8, 4) is 11.5 Å². The molecule has 216 valence electrons. The number of hydrogen-bond acceptors (Lipinski definition) is 8. The second-order valence-electron chi connectivity index (χ2n) is 12.2. The Morgan fingerprint density at radius 3 is 2.55 bits per heavy atom. The number of hydrogen-bond donors (Lipinski definition) is 3. The maximum absolute atomic E-state index is 13.3. The molecule has 0 radical (unpaired) electrons. The van der Waals surface area contributed by atoms with Crippen LogP contribution in [-0.2, 0) is 18.4 Å². The first-order valence-corrected chi connectivity index (χ1v) is 14.0. The molecule has 2 aromatic heterocycles. The number of aliphatic hydroxyl groups is 1. The summed E-state index contributed by atoms with van der Waals surface area (Å²) in [6, 6.07) is 10.8. The number of aliphatic hydroxyl groups excluding tert-OH is 1. The van der Waals surface area contributed by atoms with Crippen LogP contribution in [0.1, 0.15) is 74.8 Å². The van der Waals surface area contributed by atoms with Gasteiger partial charge in [0.15, 0.2) is 0 Å². The maximum Gasteiger partial charge on any atom is 0.253 e. The van der Waals surface area contributed by atoms with Crippen LogP contribution < -0.4 is 20.1 Å². The van der Waals surface area contributed by atoms with Crippen LogP contribution in [0.3, 0.4) is 0 Å². The molecule has 0 saturated heterocycles. The summed E-state index contributed by atoms with van der Waals surface area (Å²) in [6.07, 6.45) is 5.04. The zero-order chi connectivity index (χ0) is 28.8. The van der Waals surface area contributed by atoms with Crippen molar-refractivity contribution in [2.45, 2.75) is 78.0 Å². The zero-order valence-electron chi connectivity index (χ0n) is 24.2. The number of nitrogens with one attached hydrogen (secondary N) is 2. The van der Waals surface area contributed by atoms with Crippen molar-refractivity contribution in [3.63, 3.8) is 0 Å². The number of aromatic nitrogens is 2. The Morgan fingerprint density at radius 2 is 1.80 bits per heavy atom. The average Bonchev–Trinajstić information content (AvgIpc) is 3.37. The molecule has 0 unspecified atom stereocenters. The van der Waals surface area contributed by atoms with Gasteiger partial charge in [-0.1, -0.05) is 38.1 Å². The summed E-state index contributed by atoms with van der Waals surface area (Å²) < 4.78 is 17.3. The quantitative estimate of drug-likeness (QED) is 0.412. The monoisotopic (exact) mass is 550 g/mol.